The van der Waals surface area contributed by atoms with Gasteiger partial charge in [0.1, 0.15) is 5.04 Å². The van der Waals surface area contributed by atoms with Crippen molar-refractivity contribution in [1.82, 2.24) is 5.01 Å². The molecule has 2 heterocycles. The fourth-order valence-corrected chi connectivity index (χ4v) is 4.07. The lowest BCUT2D eigenvalue weighted by atomic mass is 10.0. The van der Waals surface area contributed by atoms with Crippen LogP contribution >= 0.6 is 23.4 Å². The molecule has 0 radical (unpaired) electrons. The lowest BCUT2D eigenvalue weighted by Gasteiger charge is -2.20. The predicted octanol–water partition coefficient (Wildman–Crippen LogP) is 5.33. The van der Waals surface area contributed by atoms with Gasteiger partial charge in [-0.1, -0.05) is 61.8 Å². The van der Waals surface area contributed by atoms with Crippen LogP contribution < -0.4 is 0 Å². The molecule has 146 valence electrons. The molecule has 0 saturated heterocycles. The van der Waals surface area contributed by atoms with E-state index in [4.69, 9.17) is 17.0 Å². The molecule has 4 rings (SSSR count). The number of hydrogen-bond acceptors (Lipinski definition) is 4. The van der Waals surface area contributed by atoms with Crippen LogP contribution in [-0.2, 0) is 11.2 Å². The molecule has 2 aliphatic rings. The molecular weight excluding hydrogens is 404 g/mol. The predicted molar refractivity (Wildman–Crippen MR) is 121 cm³/mol. The van der Waals surface area contributed by atoms with E-state index >= 15 is 0 Å². The molecular formula is C22H19ClN4OS. The molecule has 0 aliphatic carbocycles. The number of thioether (sulfide) groups is 1. The van der Waals surface area contributed by atoms with Crippen molar-refractivity contribution in [2.75, 3.05) is 0 Å². The lowest BCUT2D eigenvalue weighted by Crippen LogP contribution is -2.35. The van der Waals surface area contributed by atoms with Crippen molar-refractivity contribution in [3.63, 3.8) is 0 Å². The average molecular weight is 423 g/mol. The molecule has 0 aromatic heterocycles. The Morgan fingerprint density at radius 2 is 1.83 bits per heavy atom. The van der Waals surface area contributed by atoms with Crippen LogP contribution in [0.15, 0.2) is 64.2 Å². The zero-order chi connectivity index (χ0) is 20.5. The topological polar surface area (TPSA) is 68.9 Å². The summed E-state index contributed by atoms with van der Waals surface area (Å²) in [4.78, 5) is 16.7. The Labute approximate surface area is 178 Å². The van der Waals surface area contributed by atoms with Gasteiger partial charge in [-0.15, -0.1) is 0 Å². The Hall–Kier alpha value is -2.70. The number of rotatable bonds is 4. The fraction of sp³-hybridized carbons (Fsp3) is 0.182. The maximum atomic E-state index is 12.5. The monoisotopic (exact) mass is 422 g/mol. The minimum absolute atomic E-state index is 0.0477. The number of fused-ring (bicyclic) bond motifs is 1. The standard InChI is InChI=1S/C22H19ClN4OS/c1-13(2)16-7-3-14(4-8-16)11-18-20(24)27-22(25-21(18)28)29-19(26-27)12-15-5-9-17(23)10-6-15/h3-11,13,24H,12H2,1-2H3/b18-11+,24-20?. The van der Waals surface area contributed by atoms with E-state index in [9.17, 15) is 4.79 Å². The number of hydrazone groups is 1. The van der Waals surface area contributed by atoms with E-state index in [1.54, 1.807) is 6.08 Å². The van der Waals surface area contributed by atoms with Gasteiger partial charge in [0, 0.05) is 11.4 Å². The minimum atomic E-state index is -0.412. The molecule has 0 unspecified atom stereocenters. The Morgan fingerprint density at radius 3 is 2.48 bits per heavy atom. The molecule has 0 atom stereocenters. The van der Waals surface area contributed by atoms with Gasteiger partial charge in [-0.3, -0.25) is 10.2 Å². The van der Waals surface area contributed by atoms with E-state index in [1.165, 1.54) is 22.3 Å². The number of nitrogens with zero attached hydrogens (tertiary/aromatic N) is 3. The van der Waals surface area contributed by atoms with E-state index in [0.717, 1.165) is 16.2 Å². The van der Waals surface area contributed by atoms with Gasteiger partial charge < -0.3 is 0 Å². The van der Waals surface area contributed by atoms with E-state index in [0.29, 0.717) is 22.5 Å². The number of amidine groups is 2. The van der Waals surface area contributed by atoms with Crippen molar-refractivity contribution in [3.8, 4) is 0 Å². The van der Waals surface area contributed by atoms with E-state index in [1.807, 2.05) is 48.5 Å². The number of carbonyl (C=O) groups is 1. The highest BCUT2D eigenvalue weighted by Gasteiger charge is 2.35. The van der Waals surface area contributed by atoms with Crippen LogP contribution in [0.25, 0.3) is 6.08 Å². The molecule has 1 N–H and O–H groups in total. The molecule has 2 aliphatic heterocycles. The Kier molecular flexibility index (Phi) is 5.39. The molecule has 1 amide bonds. The molecule has 2 aromatic carbocycles. The SMILES string of the molecule is CC(C)c1ccc(/C=C2\C(=N)N3N=C(Cc4ccc(Cl)cc4)SC3=NC2=O)cc1. The van der Waals surface area contributed by atoms with Crippen molar-refractivity contribution in [1.29, 1.82) is 5.41 Å². The number of carbonyl (C=O) groups excluding carboxylic acids is 1. The van der Waals surface area contributed by atoms with Crippen LogP contribution in [-0.4, -0.2) is 27.0 Å². The highest BCUT2D eigenvalue weighted by Crippen LogP contribution is 2.30. The average Bonchev–Trinajstić information content (AvgIpc) is 3.09. The normalized spacial score (nSPS) is 17.7. The summed E-state index contributed by atoms with van der Waals surface area (Å²) in [6.45, 7) is 4.27. The van der Waals surface area contributed by atoms with Crippen LogP contribution in [0.1, 0.15) is 36.5 Å². The third-order valence-corrected chi connectivity index (χ3v) is 5.84. The van der Waals surface area contributed by atoms with E-state index in [2.05, 4.69) is 23.9 Å². The molecule has 0 fully saturated rings. The molecule has 29 heavy (non-hydrogen) atoms. The maximum Gasteiger partial charge on any atom is 0.283 e. The highest BCUT2D eigenvalue weighted by molar-refractivity contribution is 8.26. The zero-order valence-electron chi connectivity index (χ0n) is 16.0. The summed E-state index contributed by atoms with van der Waals surface area (Å²) in [7, 11) is 0. The number of aliphatic imine (C=N–C) groups is 1. The number of nitrogens with one attached hydrogen (secondary N) is 1. The van der Waals surface area contributed by atoms with Gasteiger partial charge >= 0.3 is 0 Å². The fourth-order valence-electron chi connectivity index (χ4n) is 3.02. The summed E-state index contributed by atoms with van der Waals surface area (Å²) in [5.41, 5.74) is 3.38. The first-order valence-corrected chi connectivity index (χ1v) is 10.4. The molecule has 0 saturated carbocycles. The van der Waals surface area contributed by atoms with Crippen LogP contribution in [0.5, 0.6) is 0 Å². The minimum Gasteiger partial charge on any atom is -0.282 e. The smallest absolute Gasteiger partial charge is 0.282 e. The number of benzene rings is 2. The quantitative estimate of drug-likeness (QED) is 0.677. The van der Waals surface area contributed by atoms with Gasteiger partial charge in [-0.25, -0.2) is 0 Å². The second-order valence-electron chi connectivity index (χ2n) is 7.14. The van der Waals surface area contributed by atoms with Crippen molar-refractivity contribution in [2.24, 2.45) is 10.1 Å². The summed E-state index contributed by atoms with van der Waals surface area (Å²) < 4.78 is 0. The van der Waals surface area contributed by atoms with Crippen molar-refractivity contribution in [3.05, 3.63) is 75.8 Å². The van der Waals surface area contributed by atoms with Gasteiger partial charge in [0.25, 0.3) is 5.91 Å². The van der Waals surface area contributed by atoms with Crippen LogP contribution in [0.4, 0.5) is 0 Å². The molecule has 5 nitrogen and oxygen atoms in total. The summed E-state index contributed by atoms with van der Waals surface area (Å²) in [6, 6.07) is 15.5. The first-order valence-electron chi connectivity index (χ1n) is 9.24. The van der Waals surface area contributed by atoms with E-state index < -0.39 is 5.91 Å². The maximum absolute atomic E-state index is 12.5. The Bertz CT molecular complexity index is 1070. The lowest BCUT2D eigenvalue weighted by molar-refractivity contribution is -0.114. The van der Waals surface area contributed by atoms with Gasteiger partial charge in [-0.2, -0.15) is 15.1 Å². The zero-order valence-corrected chi connectivity index (χ0v) is 17.6. The third kappa shape index (κ3) is 4.18. The number of amides is 1. The van der Waals surface area contributed by atoms with Crippen molar-refractivity contribution >= 4 is 51.4 Å². The second-order valence-corrected chi connectivity index (χ2v) is 8.62. The third-order valence-electron chi connectivity index (χ3n) is 4.68. The summed E-state index contributed by atoms with van der Waals surface area (Å²) in [6.07, 6.45) is 2.29. The molecule has 7 heteroatoms. The van der Waals surface area contributed by atoms with Crippen LogP contribution in [0.2, 0.25) is 5.02 Å². The second kappa shape index (κ2) is 7.97. The van der Waals surface area contributed by atoms with Gasteiger partial charge in [0.05, 0.1) is 5.57 Å². The van der Waals surface area contributed by atoms with Gasteiger partial charge in [0.2, 0.25) is 5.17 Å². The summed E-state index contributed by atoms with van der Waals surface area (Å²) >= 11 is 7.25. The van der Waals surface area contributed by atoms with Crippen molar-refractivity contribution < 1.29 is 4.79 Å². The van der Waals surface area contributed by atoms with Crippen LogP contribution in [0.3, 0.4) is 0 Å². The molecule has 2 aromatic rings. The van der Waals surface area contributed by atoms with Crippen molar-refractivity contribution in [2.45, 2.75) is 26.2 Å². The Morgan fingerprint density at radius 1 is 1.14 bits per heavy atom. The molecule has 0 bridgehead atoms. The van der Waals surface area contributed by atoms with E-state index in [-0.39, 0.29) is 11.4 Å². The summed E-state index contributed by atoms with van der Waals surface area (Å²) in [5, 5.41) is 16.3. The summed E-state index contributed by atoms with van der Waals surface area (Å²) in [5.74, 6) is 0.0738. The first-order chi connectivity index (χ1) is 13.9. The molecule has 0 spiro atoms. The first kappa shape index (κ1) is 19.6. The number of hydrogen-bond donors (Lipinski definition) is 1. The van der Waals surface area contributed by atoms with Gasteiger partial charge in [-0.05, 0) is 52.6 Å². The van der Waals surface area contributed by atoms with Gasteiger partial charge in [0.15, 0.2) is 5.84 Å². The Balaban J connectivity index is 1.56. The number of halogens is 1. The highest BCUT2D eigenvalue weighted by atomic mass is 35.5. The largest absolute Gasteiger partial charge is 0.283 e. The van der Waals surface area contributed by atoms with Crippen LogP contribution in [0, 0.1) is 5.41 Å².